The van der Waals surface area contributed by atoms with Gasteiger partial charge in [0.1, 0.15) is 153 Å². The van der Waals surface area contributed by atoms with Gasteiger partial charge in [0.05, 0.1) is 111 Å². The molecule has 127 heavy (non-hydrogen) atoms. The van der Waals surface area contributed by atoms with E-state index in [2.05, 4.69) is 0 Å². The first-order valence-corrected chi connectivity index (χ1v) is 42.8. The quantitative estimate of drug-likeness (QED) is 0.0318. The molecule has 12 aliphatic rings. The zero-order valence-corrected chi connectivity index (χ0v) is 69.8. The minimum atomic E-state index is -2.84. The molecule has 12 fully saturated rings. The van der Waals surface area contributed by atoms with Crippen molar-refractivity contribution in [1.29, 1.82) is 0 Å². The summed E-state index contributed by atoms with van der Waals surface area (Å²) in [6.07, 6.45) is -50.0. The third-order valence-corrected chi connectivity index (χ3v) is 25.5. The number of aliphatic hydroxyl groups is 16. The van der Waals surface area contributed by atoms with Gasteiger partial charge in [0, 0.05) is 62.4 Å². The molecule has 9 heterocycles. The third kappa shape index (κ3) is 24.6. The van der Waals surface area contributed by atoms with Crippen molar-refractivity contribution in [3.8, 4) is 0 Å². The largest absolute Gasteiger partial charge is 0.394 e. The highest BCUT2D eigenvalue weighted by Gasteiger charge is 2.60. The molecule has 0 amide bonds. The smallest absolute Gasteiger partial charge is 0.256 e. The maximum absolute atomic E-state index is 13.2. The van der Waals surface area contributed by atoms with Gasteiger partial charge in [-0.05, 0) is 57.8 Å². The lowest BCUT2D eigenvalue weighted by Gasteiger charge is -2.46. The fourth-order valence-corrected chi connectivity index (χ4v) is 17.6. The van der Waals surface area contributed by atoms with E-state index in [9.17, 15) is 94.9 Å². The molecule has 3 aliphatic carbocycles. The average molecular weight is 1860 g/mol. The molecule has 9 saturated heterocycles. The van der Waals surface area contributed by atoms with Gasteiger partial charge in [-0.15, -0.1) is 0 Å². The van der Waals surface area contributed by atoms with Crippen molar-refractivity contribution < 1.29 is 180 Å². The Morgan fingerprint density at radius 3 is 0.819 bits per heavy atom. The minimum Gasteiger partial charge on any atom is -0.394 e. The molecule has 0 radical (unpaired) electrons. The zero-order chi connectivity index (χ0) is 93.5. The molecule has 0 aromatic carbocycles. The van der Waals surface area contributed by atoms with Crippen LogP contribution in [0.25, 0.3) is 0 Å². The van der Waals surface area contributed by atoms with Gasteiger partial charge in [0.25, 0.3) is 6.43 Å². The Kier molecular flexibility index (Phi) is 40.1. The zero-order valence-electron chi connectivity index (χ0n) is 69.8. The normalized spacial score (nSPS) is 50.7. The van der Waals surface area contributed by atoms with Crippen LogP contribution in [0.15, 0.2) is 0 Å². The molecule has 52 nitrogen and oxygen atoms in total. The van der Waals surface area contributed by atoms with E-state index in [4.69, 9.17) is 188 Å². The maximum Gasteiger partial charge on any atom is 0.256 e. The molecule has 0 bridgehead atoms. The lowest BCUT2D eigenvalue weighted by Crippen LogP contribution is -2.66. The molecule has 54 atom stereocenters. The van der Waals surface area contributed by atoms with Crippen LogP contribution in [0.3, 0.4) is 0 Å². The number of alkyl halides is 3. The average Bonchev–Trinajstić information content (AvgIpc) is 1.69. The number of halogens is 3. The lowest BCUT2D eigenvalue weighted by molar-refractivity contribution is -0.293. The molecule has 55 heteroatoms. The lowest BCUT2D eigenvalue weighted by atomic mass is 9.84. The number of hydrogen-bond donors (Lipinski definition) is 34. The van der Waals surface area contributed by atoms with Crippen molar-refractivity contribution in [2.24, 2.45) is 103 Å². The monoisotopic (exact) mass is 1860 g/mol. The van der Waals surface area contributed by atoms with Crippen LogP contribution in [0.1, 0.15) is 57.8 Å². The topological polar surface area (TPSA) is 958 Å². The van der Waals surface area contributed by atoms with E-state index < -0.39 is 363 Å². The summed E-state index contributed by atoms with van der Waals surface area (Å²) in [5, 5.41) is 168. The van der Waals surface area contributed by atoms with Crippen LogP contribution in [0.4, 0.5) is 13.2 Å². The first-order valence-electron chi connectivity index (χ1n) is 42.8. The van der Waals surface area contributed by atoms with Crippen LogP contribution in [-0.4, -0.2) is 471 Å². The Bertz CT molecular complexity index is 3110. The van der Waals surface area contributed by atoms with Crippen molar-refractivity contribution in [3.63, 3.8) is 0 Å². The summed E-state index contributed by atoms with van der Waals surface area (Å²) in [6, 6.07) is -13.0. The van der Waals surface area contributed by atoms with Gasteiger partial charge in [-0.1, -0.05) is 0 Å². The Morgan fingerprint density at radius 1 is 0.283 bits per heavy atom. The Labute approximate surface area is 728 Å². The summed E-state index contributed by atoms with van der Waals surface area (Å²) in [5.74, 6) is 0. The van der Waals surface area contributed by atoms with E-state index >= 15 is 0 Å². The third-order valence-electron chi connectivity index (χ3n) is 25.5. The Morgan fingerprint density at radius 2 is 0.543 bits per heavy atom. The summed E-state index contributed by atoms with van der Waals surface area (Å²) in [7, 11) is 0. The second-order valence-electron chi connectivity index (χ2n) is 34.6. The summed E-state index contributed by atoms with van der Waals surface area (Å²) < 4.78 is 145. The van der Waals surface area contributed by atoms with E-state index in [0.717, 1.165) is 0 Å². The fourth-order valence-electron chi connectivity index (χ4n) is 17.6. The Hall–Kier alpha value is -2.29. The second-order valence-corrected chi connectivity index (χ2v) is 34.6. The van der Waals surface area contributed by atoms with Crippen LogP contribution >= 0.6 is 0 Å². The van der Waals surface area contributed by atoms with E-state index in [1.807, 2.05) is 0 Å². The summed E-state index contributed by atoms with van der Waals surface area (Å²) >= 11 is 0. The van der Waals surface area contributed by atoms with Crippen molar-refractivity contribution in [2.45, 2.75) is 395 Å². The predicted octanol–water partition coefficient (Wildman–Crippen LogP) is -20.2. The van der Waals surface area contributed by atoms with Gasteiger partial charge in [-0.25, -0.2) is 13.2 Å². The highest BCUT2D eigenvalue weighted by molar-refractivity contribution is 5.07. The Balaban J connectivity index is 0.000000199. The van der Waals surface area contributed by atoms with Crippen LogP contribution in [-0.2, 0) is 85.3 Å². The summed E-state index contributed by atoms with van der Waals surface area (Å²) in [4.78, 5) is 0. The number of ether oxygens (including phenoxy) is 18. The molecule has 52 N–H and O–H groups in total. The van der Waals surface area contributed by atoms with Crippen molar-refractivity contribution in [1.82, 2.24) is 0 Å². The van der Waals surface area contributed by atoms with Crippen LogP contribution in [0.2, 0.25) is 0 Å². The second kappa shape index (κ2) is 47.7. The number of nitrogens with two attached hydrogens (primary N) is 18. The first kappa shape index (κ1) is 107. The molecule has 9 aliphatic heterocycles. The highest BCUT2D eigenvalue weighted by atomic mass is 19.3. The van der Waals surface area contributed by atoms with E-state index in [0.29, 0.717) is 25.7 Å². The van der Waals surface area contributed by atoms with Crippen LogP contribution in [0, 0.1) is 0 Å². The first-order chi connectivity index (χ1) is 60.1. The van der Waals surface area contributed by atoms with Gasteiger partial charge < -0.3 is 270 Å². The number of hydrogen-bond acceptors (Lipinski definition) is 52. The van der Waals surface area contributed by atoms with Gasteiger partial charge >= 0.3 is 0 Å². The van der Waals surface area contributed by atoms with Crippen molar-refractivity contribution >= 4 is 0 Å². The molecular formula is C72H141F3N18O34. The van der Waals surface area contributed by atoms with E-state index in [1.54, 1.807) is 0 Å². The maximum atomic E-state index is 13.2. The minimum absolute atomic E-state index is 0.0236. The van der Waals surface area contributed by atoms with Gasteiger partial charge in [-0.2, -0.15) is 0 Å². The standard InChI is InChI=1S/C24H46F2N6O11.C24H47FN6O11.C24H48N6O12/c25-21(26)12(31)9-2-1-6(28)22(38-9)41-18-8(30)3-7(29)14(34)20(18)43-24-17(37)19(11(5-33)40-24)42-23-13(32)16(36)15(35)10(4-27)39-23;25-4-10(30)11-2-1-7(27)22(37-11)40-19-9(29)3-8(28)15(33)21(19)42-24-18(36)20(13(6-32)39-24)41-23-14(31)17(35)16(34)12(5-26)38-23;25-4-10(32)11-2-1-7(27)22(37-11)40-19-9(29)3-8(28)15(33)21(19)42-24-18(36)20(13(6-31)39-24)41-23-14(30)17(35)16(34)12(5-26)38-23/h6-24,33-37H,1-5,27-32H2;7-24,32-36H,1-6,26-31H2;7-24,31-36H,1-6,25-30H2/t6-,7-,8+,9+,10+,11-,12-,13-,14+,15-,16-,17-,18-,19-,20-,22-,23?,24+;2*7-,8-,9+,10+,11+,12+,13-,14-,15+,16-,17-,18-,19-,20-,21-,22-,23?,24+/m111/s1. The van der Waals surface area contributed by atoms with Crippen LogP contribution < -0.4 is 103 Å². The van der Waals surface area contributed by atoms with Gasteiger partial charge in [0.15, 0.2) is 56.6 Å². The van der Waals surface area contributed by atoms with Gasteiger partial charge in [0.2, 0.25) is 0 Å². The van der Waals surface area contributed by atoms with Crippen molar-refractivity contribution in [3.05, 3.63) is 0 Å². The van der Waals surface area contributed by atoms with Gasteiger partial charge in [-0.3, -0.25) is 0 Å². The summed E-state index contributed by atoms with van der Waals surface area (Å²) in [6.45, 7) is -3.19. The molecular weight excluding hydrogens is 1720 g/mol. The van der Waals surface area contributed by atoms with Crippen molar-refractivity contribution in [2.75, 3.05) is 52.7 Å². The fraction of sp³-hybridized carbons (Fsp3) is 1.00. The number of aliphatic hydroxyl groups excluding tert-OH is 16. The number of rotatable bonds is 30. The highest BCUT2D eigenvalue weighted by Crippen LogP contribution is 2.41. The van der Waals surface area contributed by atoms with Crippen LogP contribution in [0.5, 0.6) is 0 Å². The molecule has 3 saturated carbocycles. The molecule has 0 aromatic rings. The SMILES string of the molecule is NC[C@@H]1OC(O[C@H]2[C@@H](O)[C@H](O[C@@H]3[C@@H](O)[C@H](N)C[C@H](N)[C@H]3O[C@H]3O[C@H]([C@@H](N)C(F)F)CC[C@H]3N)O[C@@H]2CO)[C@H](N)[C@@H](O)[C@@H]1O.NC[C@@H]1OC(O[C@H]2[C@@H](O)[C@H](O[C@@H]3[C@@H](O)[C@H](N)C[C@H](N)[C@H]3O[C@H]3O[C@H]([C@@H](N)CF)CC[C@H]3N)O[C@@H]2CO)[C@H](N)[C@@H](O)[C@@H]1O.NC[C@@H]1OC(O[C@H]2[C@@H](O)[C@H](O[C@@H]3[C@@H](O)[C@H](N)C[C@H](N)[C@H]3O[C@H]3O[C@H]([C@@H](O)CN)CC[C@H]3N)O[C@@H]2CO)[C@H](N)[C@@H](O)[C@@H]1O. The van der Waals surface area contributed by atoms with E-state index in [-0.39, 0.29) is 58.3 Å². The molecule has 0 spiro atoms. The molecule has 12 rings (SSSR count). The molecule has 0 aromatic heterocycles. The van der Waals surface area contributed by atoms with E-state index in [1.165, 1.54) is 0 Å². The molecule has 744 valence electrons. The molecule has 3 unspecified atom stereocenters. The summed E-state index contributed by atoms with van der Waals surface area (Å²) in [5.41, 5.74) is 108. The predicted molar refractivity (Wildman–Crippen MR) is 423 cm³/mol.